The Balaban J connectivity index is 1.97. The van der Waals surface area contributed by atoms with Crippen LogP contribution in [0.15, 0.2) is 0 Å². The van der Waals surface area contributed by atoms with E-state index in [9.17, 15) is 9.90 Å². The van der Waals surface area contributed by atoms with E-state index in [0.717, 1.165) is 45.2 Å². The molecule has 2 aliphatic heterocycles. The zero-order valence-corrected chi connectivity index (χ0v) is 10.7. The number of aliphatic hydroxyl groups excluding tert-OH is 1. The van der Waals surface area contributed by atoms with Gasteiger partial charge in [0.25, 0.3) is 0 Å². The molecule has 0 aromatic carbocycles. The highest BCUT2D eigenvalue weighted by Crippen LogP contribution is 2.21. The summed E-state index contributed by atoms with van der Waals surface area (Å²) >= 11 is 0. The van der Waals surface area contributed by atoms with E-state index in [1.807, 2.05) is 4.90 Å². The van der Waals surface area contributed by atoms with E-state index in [2.05, 4.69) is 12.2 Å². The van der Waals surface area contributed by atoms with Crippen molar-refractivity contribution >= 4 is 5.91 Å². The third-order valence-electron chi connectivity index (χ3n) is 4.09. The summed E-state index contributed by atoms with van der Waals surface area (Å²) in [7, 11) is 0. The van der Waals surface area contributed by atoms with Crippen molar-refractivity contribution in [2.75, 3.05) is 19.7 Å². The summed E-state index contributed by atoms with van der Waals surface area (Å²) in [5, 5.41) is 12.7. The maximum Gasteiger partial charge on any atom is 0.240 e. The zero-order chi connectivity index (χ0) is 12.3. The standard InChI is InChI=1S/C13H24N2O2/c1-10-5-6-14-12(8-10)13(17)15-7-3-2-4-11(15)9-16/h10-12,14,16H,2-9H2,1H3. The van der Waals surface area contributed by atoms with E-state index in [4.69, 9.17) is 0 Å². The summed E-state index contributed by atoms with van der Waals surface area (Å²) in [5.74, 6) is 0.831. The van der Waals surface area contributed by atoms with Crippen molar-refractivity contribution in [2.45, 2.75) is 51.1 Å². The van der Waals surface area contributed by atoms with Crippen LogP contribution < -0.4 is 5.32 Å². The molecule has 17 heavy (non-hydrogen) atoms. The smallest absolute Gasteiger partial charge is 0.240 e. The Kier molecular flexibility index (Phi) is 4.40. The van der Waals surface area contributed by atoms with Crippen LogP contribution in [-0.2, 0) is 4.79 Å². The highest BCUT2D eigenvalue weighted by atomic mass is 16.3. The molecule has 2 saturated heterocycles. The molecule has 2 fully saturated rings. The summed E-state index contributed by atoms with van der Waals surface area (Å²) < 4.78 is 0. The number of likely N-dealkylation sites (tertiary alicyclic amines) is 1. The van der Waals surface area contributed by atoms with Gasteiger partial charge in [-0.3, -0.25) is 4.79 Å². The molecular weight excluding hydrogens is 216 g/mol. The lowest BCUT2D eigenvalue weighted by Crippen LogP contribution is -2.55. The van der Waals surface area contributed by atoms with Crippen LogP contribution in [0.4, 0.5) is 0 Å². The number of rotatable bonds is 2. The molecule has 2 N–H and O–H groups in total. The first-order chi connectivity index (χ1) is 8.22. The number of aliphatic hydroxyl groups is 1. The highest BCUT2D eigenvalue weighted by Gasteiger charge is 2.33. The number of hydrogen-bond acceptors (Lipinski definition) is 3. The van der Waals surface area contributed by atoms with E-state index in [1.165, 1.54) is 0 Å². The lowest BCUT2D eigenvalue weighted by Gasteiger charge is -2.38. The number of hydrogen-bond donors (Lipinski definition) is 2. The maximum atomic E-state index is 12.4. The van der Waals surface area contributed by atoms with Crippen LogP contribution in [0.3, 0.4) is 0 Å². The summed E-state index contributed by atoms with van der Waals surface area (Å²) in [6.45, 7) is 4.07. The first-order valence-electron chi connectivity index (χ1n) is 6.87. The first-order valence-corrected chi connectivity index (χ1v) is 6.87. The molecule has 0 aromatic rings. The van der Waals surface area contributed by atoms with Crippen LogP contribution in [0, 0.1) is 5.92 Å². The van der Waals surface area contributed by atoms with E-state index in [-0.39, 0.29) is 24.6 Å². The van der Waals surface area contributed by atoms with Crippen molar-refractivity contribution in [3.05, 3.63) is 0 Å². The molecule has 2 heterocycles. The normalized spacial score (nSPS) is 34.7. The molecule has 0 aliphatic carbocycles. The third-order valence-corrected chi connectivity index (χ3v) is 4.09. The largest absolute Gasteiger partial charge is 0.394 e. The molecule has 0 bridgehead atoms. The summed E-state index contributed by atoms with van der Waals surface area (Å²) in [4.78, 5) is 14.3. The molecule has 4 heteroatoms. The molecule has 3 unspecified atom stereocenters. The minimum absolute atomic E-state index is 0.0223. The molecule has 98 valence electrons. The quantitative estimate of drug-likeness (QED) is 0.749. The topological polar surface area (TPSA) is 52.6 Å². The van der Waals surface area contributed by atoms with Crippen molar-refractivity contribution in [2.24, 2.45) is 5.92 Å². The molecule has 0 saturated carbocycles. The van der Waals surface area contributed by atoms with Gasteiger partial charge in [0.2, 0.25) is 5.91 Å². The van der Waals surface area contributed by atoms with Crippen LogP contribution in [0.1, 0.15) is 39.0 Å². The molecule has 4 nitrogen and oxygen atoms in total. The van der Waals surface area contributed by atoms with E-state index in [1.54, 1.807) is 0 Å². The van der Waals surface area contributed by atoms with E-state index >= 15 is 0 Å². The number of carbonyl (C=O) groups excluding carboxylic acids is 1. The number of nitrogens with one attached hydrogen (secondary N) is 1. The van der Waals surface area contributed by atoms with Gasteiger partial charge >= 0.3 is 0 Å². The van der Waals surface area contributed by atoms with Crippen molar-refractivity contribution < 1.29 is 9.90 Å². The molecule has 1 amide bonds. The monoisotopic (exact) mass is 240 g/mol. The lowest BCUT2D eigenvalue weighted by molar-refractivity contribution is -0.139. The number of amides is 1. The van der Waals surface area contributed by atoms with Gasteiger partial charge in [-0.05, 0) is 44.6 Å². The fourth-order valence-electron chi connectivity index (χ4n) is 2.98. The Morgan fingerprint density at radius 2 is 2.24 bits per heavy atom. The van der Waals surface area contributed by atoms with Crippen molar-refractivity contribution in [1.82, 2.24) is 10.2 Å². The summed E-state index contributed by atoms with van der Waals surface area (Å²) in [6, 6.07) is 0.0289. The fourth-order valence-corrected chi connectivity index (χ4v) is 2.98. The number of nitrogens with zero attached hydrogens (tertiary/aromatic N) is 1. The van der Waals surface area contributed by atoms with Crippen molar-refractivity contribution in [1.29, 1.82) is 0 Å². The van der Waals surface area contributed by atoms with Gasteiger partial charge < -0.3 is 15.3 Å². The minimum atomic E-state index is -0.0223. The Morgan fingerprint density at radius 3 is 2.94 bits per heavy atom. The molecule has 0 aromatic heterocycles. The fraction of sp³-hybridized carbons (Fsp3) is 0.923. The molecule has 3 atom stereocenters. The predicted octanol–water partition coefficient (Wildman–Crippen LogP) is 0.748. The Hall–Kier alpha value is -0.610. The third kappa shape index (κ3) is 2.99. The highest BCUT2D eigenvalue weighted by molar-refractivity contribution is 5.82. The van der Waals surface area contributed by atoms with Gasteiger partial charge in [-0.25, -0.2) is 0 Å². The predicted molar refractivity (Wildman–Crippen MR) is 66.6 cm³/mol. The van der Waals surface area contributed by atoms with Gasteiger partial charge in [0.05, 0.1) is 18.7 Å². The second-order valence-electron chi connectivity index (χ2n) is 5.50. The van der Waals surface area contributed by atoms with E-state index in [0.29, 0.717) is 5.92 Å². The molecular formula is C13H24N2O2. The second-order valence-corrected chi connectivity index (χ2v) is 5.50. The van der Waals surface area contributed by atoms with Gasteiger partial charge in [-0.15, -0.1) is 0 Å². The maximum absolute atomic E-state index is 12.4. The second kappa shape index (κ2) is 5.83. The SMILES string of the molecule is CC1CCNC(C(=O)N2CCCCC2CO)C1. The molecule has 2 rings (SSSR count). The average molecular weight is 240 g/mol. The molecule has 0 radical (unpaired) electrons. The van der Waals surface area contributed by atoms with Gasteiger partial charge in [-0.1, -0.05) is 6.92 Å². The van der Waals surface area contributed by atoms with Gasteiger partial charge in [0, 0.05) is 6.54 Å². The van der Waals surface area contributed by atoms with Gasteiger partial charge in [0.1, 0.15) is 0 Å². The minimum Gasteiger partial charge on any atom is -0.394 e. The molecule has 0 spiro atoms. The van der Waals surface area contributed by atoms with Gasteiger partial charge in [-0.2, -0.15) is 0 Å². The lowest BCUT2D eigenvalue weighted by atomic mass is 9.92. The summed E-state index contributed by atoms with van der Waals surface area (Å²) in [6.07, 6.45) is 5.25. The Bertz CT molecular complexity index is 270. The number of piperidine rings is 2. The zero-order valence-electron chi connectivity index (χ0n) is 10.7. The summed E-state index contributed by atoms with van der Waals surface area (Å²) in [5.41, 5.74) is 0. The van der Waals surface area contributed by atoms with E-state index < -0.39 is 0 Å². The molecule has 2 aliphatic rings. The Labute approximate surface area is 103 Å². The first kappa shape index (κ1) is 12.8. The van der Waals surface area contributed by atoms with Crippen molar-refractivity contribution in [3.8, 4) is 0 Å². The Morgan fingerprint density at radius 1 is 1.41 bits per heavy atom. The van der Waals surface area contributed by atoms with Crippen LogP contribution >= 0.6 is 0 Å². The number of carbonyl (C=O) groups is 1. The average Bonchev–Trinajstić information content (AvgIpc) is 2.38. The van der Waals surface area contributed by atoms with Crippen molar-refractivity contribution in [3.63, 3.8) is 0 Å². The van der Waals surface area contributed by atoms with Crippen LogP contribution in [0.25, 0.3) is 0 Å². The van der Waals surface area contributed by atoms with Crippen LogP contribution in [0.5, 0.6) is 0 Å². The van der Waals surface area contributed by atoms with Crippen LogP contribution in [-0.4, -0.2) is 47.7 Å². The van der Waals surface area contributed by atoms with Gasteiger partial charge in [0.15, 0.2) is 0 Å². The van der Waals surface area contributed by atoms with Crippen LogP contribution in [0.2, 0.25) is 0 Å².